The first-order valence-corrected chi connectivity index (χ1v) is 3.49. The molecule has 1 aromatic carbocycles. The van der Waals surface area contributed by atoms with E-state index in [0.29, 0.717) is 0 Å². The Morgan fingerprint density at radius 2 is 2.40 bits per heavy atom. The molecule has 3 aliphatic heterocycles. The van der Waals surface area contributed by atoms with E-state index in [1.165, 1.54) is 11.4 Å². The number of fused-ring (bicyclic) bond motifs is 1. The number of hydrogen-bond acceptors (Lipinski definition) is 2. The largest absolute Gasteiger partial charge is 0.490 e. The molecule has 0 atom stereocenters. The smallest absolute Gasteiger partial charge is 0.143 e. The van der Waals surface area contributed by atoms with E-state index in [1.807, 2.05) is 6.07 Å². The van der Waals surface area contributed by atoms with E-state index < -0.39 is 0 Å². The van der Waals surface area contributed by atoms with Gasteiger partial charge in [0.05, 0.1) is 12.2 Å². The van der Waals surface area contributed by atoms with Gasteiger partial charge in [-0.15, -0.1) is 0 Å². The number of nitrogens with zero attached hydrogens (tertiary/aromatic N) is 1. The SMILES string of the molecule is C1=CC2=C3C=C1N3CCO2. The van der Waals surface area contributed by atoms with E-state index in [2.05, 4.69) is 17.0 Å². The summed E-state index contributed by atoms with van der Waals surface area (Å²) < 4.78 is 5.41. The van der Waals surface area contributed by atoms with Crippen LogP contribution in [0.15, 0.2) is 18.2 Å². The van der Waals surface area contributed by atoms with Gasteiger partial charge in [0.1, 0.15) is 12.4 Å². The Bertz CT molecular complexity index is 286. The molecule has 0 aliphatic carbocycles. The van der Waals surface area contributed by atoms with Crippen molar-refractivity contribution in [2.45, 2.75) is 0 Å². The Labute approximate surface area is 59.0 Å². The lowest BCUT2D eigenvalue weighted by Crippen LogP contribution is -2.33. The van der Waals surface area contributed by atoms with Crippen LogP contribution < -0.4 is 9.64 Å². The van der Waals surface area contributed by atoms with Crippen LogP contribution >= 0.6 is 0 Å². The fourth-order valence-electron chi connectivity index (χ4n) is 1.58. The second kappa shape index (κ2) is 1.29. The standard InChI is InChI=1S/C8H7NO/c1-2-8-7-5-6(1)9(7)3-4-10-8/h1-2,5H,3-4H2. The van der Waals surface area contributed by atoms with Crippen LogP contribution in [0.5, 0.6) is 5.75 Å². The van der Waals surface area contributed by atoms with E-state index >= 15 is 0 Å². The van der Waals surface area contributed by atoms with Crippen molar-refractivity contribution in [3.8, 4) is 5.75 Å². The van der Waals surface area contributed by atoms with Crippen molar-refractivity contribution in [2.24, 2.45) is 0 Å². The molecule has 50 valence electrons. The summed E-state index contributed by atoms with van der Waals surface area (Å²) in [5.41, 5.74) is 2.60. The molecule has 4 bridgehead atoms. The molecule has 0 spiro atoms. The maximum absolute atomic E-state index is 5.41. The highest BCUT2D eigenvalue weighted by molar-refractivity contribution is 5.83. The van der Waals surface area contributed by atoms with E-state index in [0.717, 1.165) is 18.9 Å². The number of hydrogen-bond donors (Lipinski definition) is 0. The van der Waals surface area contributed by atoms with Crippen LogP contribution in [0.4, 0.5) is 11.4 Å². The molecule has 2 nitrogen and oxygen atoms in total. The average Bonchev–Trinajstić information content (AvgIpc) is 1.96. The Hall–Kier alpha value is -1.18. The molecule has 0 fully saturated rings. The molecule has 3 heterocycles. The summed E-state index contributed by atoms with van der Waals surface area (Å²) in [5, 5.41) is 0. The molecule has 0 aromatic heterocycles. The average molecular weight is 133 g/mol. The zero-order valence-corrected chi connectivity index (χ0v) is 5.50. The minimum atomic E-state index is 0.834. The van der Waals surface area contributed by atoms with Gasteiger partial charge in [0.2, 0.25) is 0 Å². The van der Waals surface area contributed by atoms with E-state index in [4.69, 9.17) is 4.74 Å². The van der Waals surface area contributed by atoms with Crippen molar-refractivity contribution in [1.29, 1.82) is 0 Å². The van der Waals surface area contributed by atoms with Gasteiger partial charge >= 0.3 is 0 Å². The topological polar surface area (TPSA) is 12.5 Å². The van der Waals surface area contributed by atoms with E-state index in [1.54, 1.807) is 0 Å². The molecule has 0 N–H and O–H groups in total. The Balaban J connectivity index is 2.30. The van der Waals surface area contributed by atoms with Crippen LogP contribution in [0.2, 0.25) is 0 Å². The Kier molecular flexibility index (Phi) is 0.592. The molecule has 1 aromatic rings. The minimum Gasteiger partial charge on any atom is -0.490 e. The summed E-state index contributed by atoms with van der Waals surface area (Å²) in [6.45, 7) is 1.86. The van der Waals surface area contributed by atoms with Crippen LogP contribution in [-0.2, 0) is 0 Å². The molecule has 0 amide bonds. The van der Waals surface area contributed by atoms with Gasteiger partial charge in [-0.25, -0.2) is 0 Å². The van der Waals surface area contributed by atoms with Gasteiger partial charge in [-0.1, -0.05) is 0 Å². The molecule has 0 unspecified atom stereocenters. The monoisotopic (exact) mass is 133 g/mol. The predicted octanol–water partition coefficient (Wildman–Crippen LogP) is 1.53. The summed E-state index contributed by atoms with van der Waals surface area (Å²) in [6, 6.07) is 6.30. The van der Waals surface area contributed by atoms with Gasteiger partial charge in [-0.3, -0.25) is 0 Å². The van der Waals surface area contributed by atoms with Crippen molar-refractivity contribution in [2.75, 3.05) is 18.1 Å². The first-order chi connectivity index (χ1) is 4.95. The van der Waals surface area contributed by atoms with Crippen LogP contribution in [0, 0.1) is 0 Å². The van der Waals surface area contributed by atoms with E-state index in [-0.39, 0.29) is 0 Å². The quantitative estimate of drug-likeness (QED) is 0.532. The fraction of sp³-hybridized carbons (Fsp3) is 0.250. The lowest BCUT2D eigenvalue weighted by atomic mass is 10.1. The molecule has 0 saturated heterocycles. The Morgan fingerprint density at radius 1 is 1.40 bits per heavy atom. The number of ether oxygens (including phenoxy) is 1. The maximum Gasteiger partial charge on any atom is 0.143 e. The van der Waals surface area contributed by atoms with E-state index in [9.17, 15) is 0 Å². The second-order valence-electron chi connectivity index (χ2n) is 2.65. The van der Waals surface area contributed by atoms with Gasteiger partial charge < -0.3 is 9.64 Å². The fourth-order valence-corrected chi connectivity index (χ4v) is 1.58. The van der Waals surface area contributed by atoms with Crippen molar-refractivity contribution in [1.82, 2.24) is 0 Å². The first-order valence-electron chi connectivity index (χ1n) is 3.49. The van der Waals surface area contributed by atoms with Crippen molar-refractivity contribution < 1.29 is 4.74 Å². The van der Waals surface area contributed by atoms with Crippen molar-refractivity contribution in [3.05, 3.63) is 18.2 Å². The third-order valence-corrected chi connectivity index (χ3v) is 2.12. The van der Waals surface area contributed by atoms with Gasteiger partial charge in [-0.05, 0) is 18.2 Å². The predicted molar refractivity (Wildman–Crippen MR) is 38.9 cm³/mol. The van der Waals surface area contributed by atoms with Crippen LogP contribution in [0.1, 0.15) is 0 Å². The minimum absolute atomic E-state index is 0.834. The maximum atomic E-state index is 5.41. The molecule has 3 aliphatic rings. The van der Waals surface area contributed by atoms with Crippen LogP contribution in [0.25, 0.3) is 0 Å². The van der Waals surface area contributed by atoms with Gasteiger partial charge in [-0.2, -0.15) is 0 Å². The lowest BCUT2D eigenvalue weighted by molar-refractivity contribution is 0.310. The summed E-state index contributed by atoms with van der Waals surface area (Å²) in [7, 11) is 0. The summed E-state index contributed by atoms with van der Waals surface area (Å²) in [5.74, 6) is 1.04. The molecule has 0 radical (unpaired) electrons. The first kappa shape index (κ1) is 4.61. The lowest BCUT2D eigenvalue weighted by Gasteiger charge is -2.38. The number of rotatable bonds is 0. The summed E-state index contributed by atoms with van der Waals surface area (Å²) in [6.07, 6.45) is 0. The number of benzene rings is 1. The third kappa shape index (κ3) is 0.347. The summed E-state index contributed by atoms with van der Waals surface area (Å²) >= 11 is 0. The number of anilines is 2. The molecule has 4 rings (SSSR count). The highest BCUT2D eigenvalue weighted by Crippen LogP contribution is 2.46. The van der Waals surface area contributed by atoms with Gasteiger partial charge in [0, 0.05) is 5.69 Å². The van der Waals surface area contributed by atoms with Crippen molar-refractivity contribution >= 4 is 11.4 Å². The van der Waals surface area contributed by atoms with Gasteiger partial charge in [0.25, 0.3) is 0 Å². The second-order valence-corrected chi connectivity index (χ2v) is 2.65. The Morgan fingerprint density at radius 3 is 3.10 bits per heavy atom. The highest BCUT2D eigenvalue weighted by atomic mass is 16.5. The van der Waals surface area contributed by atoms with Crippen LogP contribution in [0.3, 0.4) is 0 Å². The van der Waals surface area contributed by atoms with Crippen LogP contribution in [-0.4, -0.2) is 13.2 Å². The van der Waals surface area contributed by atoms with Crippen molar-refractivity contribution in [3.63, 3.8) is 0 Å². The molecule has 10 heavy (non-hydrogen) atoms. The molecule has 0 saturated carbocycles. The molecule has 2 heteroatoms. The highest BCUT2D eigenvalue weighted by Gasteiger charge is 2.27. The normalized spacial score (nSPS) is 17.8. The third-order valence-electron chi connectivity index (χ3n) is 2.12. The zero-order chi connectivity index (χ0) is 6.55. The molecular weight excluding hydrogens is 126 g/mol. The van der Waals surface area contributed by atoms with Gasteiger partial charge in [0.15, 0.2) is 0 Å². The molecular formula is C8H7NO. The zero-order valence-electron chi connectivity index (χ0n) is 5.50. The summed E-state index contributed by atoms with van der Waals surface area (Å²) in [4.78, 5) is 2.29.